The second kappa shape index (κ2) is 7.09. The normalized spacial score (nSPS) is 10.6. The van der Waals surface area contributed by atoms with Crippen molar-refractivity contribution in [2.45, 2.75) is 26.7 Å². The van der Waals surface area contributed by atoms with Gasteiger partial charge in [-0.3, -0.25) is 9.59 Å². The Morgan fingerprint density at radius 2 is 2.00 bits per heavy atom. The molecule has 1 aromatic carbocycles. The Labute approximate surface area is 133 Å². The largest absolute Gasteiger partial charge is 0.469 e. The lowest BCUT2D eigenvalue weighted by Gasteiger charge is -2.09. The molecule has 0 atom stereocenters. The summed E-state index contributed by atoms with van der Waals surface area (Å²) in [6.07, 6.45) is 0.414. The number of esters is 2. The standard InChI is InChI=1S/C17H19NO5/c1-4-23-17(21)11-5-7-14-13(9-11)16(20)12(10(2)18-14)6-8-15(19)22-3/h5,7,9H,4,6,8H2,1-3H3,(H,18,20). The van der Waals surface area contributed by atoms with Crippen molar-refractivity contribution in [2.24, 2.45) is 0 Å². The molecule has 0 saturated carbocycles. The third kappa shape index (κ3) is 3.59. The van der Waals surface area contributed by atoms with Crippen molar-refractivity contribution in [1.82, 2.24) is 4.98 Å². The number of carbonyl (C=O) groups is 2. The van der Waals surface area contributed by atoms with E-state index in [1.165, 1.54) is 13.2 Å². The van der Waals surface area contributed by atoms with Crippen molar-refractivity contribution in [3.8, 4) is 0 Å². The van der Waals surface area contributed by atoms with Crippen LogP contribution in [0.5, 0.6) is 0 Å². The second-order valence-corrected chi connectivity index (χ2v) is 5.11. The first kappa shape index (κ1) is 16.7. The summed E-state index contributed by atoms with van der Waals surface area (Å²) in [4.78, 5) is 38.9. The van der Waals surface area contributed by atoms with E-state index in [1.54, 1.807) is 26.0 Å². The van der Waals surface area contributed by atoms with Crippen molar-refractivity contribution >= 4 is 22.8 Å². The third-order valence-electron chi connectivity index (χ3n) is 3.63. The van der Waals surface area contributed by atoms with Crippen molar-refractivity contribution in [2.75, 3.05) is 13.7 Å². The minimum atomic E-state index is -0.467. The van der Waals surface area contributed by atoms with E-state index in [0.29, 0.717) is 27.7 Å². The van der Waals surface area contributed by atoms with E-state index in [9.17, 15) is 14.4 Å². The van der Waals surface area contributed by atoms with Crippen LogP contribution in [0.1, 0.15) is 35.0 Å². The predicted molar refractivity (Wildman–Crippen MR) is 85.6 cm³/mol. The minimum Gasteiger partial charge on any atom is -0.469 e. The Bertz CT molecular complexity index is 806. The molecule has 0 aliphatic rings. The molecule has 1 heterocycles. The monoisotopic (exact) mass is 317 g/mol. The topological polar surface area (TPSA) is 85.5 Å². The van der Waals surface area contributed by atoms with Gasteiger partial charge in [0.15, 0.2) is 5.43 Å². The van der Waals surface area contributed by atoms with E-state index in [-0.39, 0.29) is 30.8 Å². The number of methoxy groups -OCH3 is 1. The van der Waals surface area contributed by atoms with Crippen LogP contribution in [0.2, 0.25) is 0 Å². The zero-order valence-corrected chi connectivity index (χ0v) is 13.4. The highest BCUT2D eigenvalue weighted by atomic mass is 16.5. The van der Waals surface area contributed by atoms with Crippen LogP contribution in [0.15, 0.2) is 23.0 Å². The van der Waals surface area contributed by atoms with Gasteiger partial charge in [0.1, 0.15) is 0 Å². The number of ether oxygens (including phenoxy) is 2. The van der Waals surface area contributed by atoms with Gasteiger partial charge in [0, 0.05) is 28.6 Å². The molecule has 122 valence electrons. The molecule has 0 radical (unpaired) electrons. The number of hydrogen-bond donors (Lipinski definition) is 1. The molecule has 0 aliphatic heterocycles. The number of H-pyrrole nitrogens is 1. The highest BCUT2D eigenvalue weighted by Crippen LogP contribution is 2.15. The van der Waals surface area contributed by atoms with Gasteiger partial charge in [-0.05, 0) is 38.5 Å². The van der Waals surface area contributed by atoms with Crippen LogP contribution >= 0.6 is 0 Å². The van der Waals surface area contributed by atoms with E-state index >= 15 is 0 Å². The maximum absolute atomic E-state index is 12.7. The molecule has 0 amide bonds. The Morgan fingerprint density at radius 3 is 2.65 bits per heavy atom. The van der Waals surface area contributed by atoms with Crippen molar-refractivity contribution in [1.29, 1.82) is 0 Å². The van der Waals surface area contributed by atoms with Gasteiger partial charge in [0.05, 0.1) is 19.3 Å². The summed E-state index contributed by atoms with van der Waals surface area (Å²) in [7, 11) is 1.31. The number of nitrogens with one attached hydrogen (secondary N) is 1. The summed E-state index contributed by atoms with van der Waals surface area (Å²) in [6, 6.07) is 4.82. The van der Waals surface area contributed by atoms with Crippen molar-refractivity contribution in [3.63, 3.8) is 0 Å². The SMILES string of the molecule is CCOC(=O)c1ccc2[nH]c(C)c(CCC(=O)OC)c(=O)c2c1. The summed E-state index contributed by atoms with van der Waals surface area (Å²) in [6.45, 7) is 3.78. The molecule has 2 rings (SSSR count). The van der Waals surface area contributed by atoms with Crippen molar-refractivity contribution in [3.05, 3.63) is 45.2 Å². The second-order valence-electron chi connectivity index (χ2n) is 5.11. The van der Waals surface area contributed by atoms with E-state index in [1.807, 2.05) is 0 Å². The lowest BCUT2D eigenvalue weighted by Crippen LogP contribution is -2.16. The summed E-state index contributed by atoms with van der Waals surface area (Å²) in [5.74, 6) is -0.838. The zero-order chi connectivity index (χ0) is 17.0. The number of hydrogen-bond acceptors (Lipinski definition) is 5. The van der Waals surface area contributed by atoms with E-state index < -0.39 is 5.97 Å². The number of pyridine rings is 1. The van der Waals surface area contributed by atoms with Crippen LogP contribution < -0.4 is 5.43 Å². The molecule has 0 bridgehead atoms. The van der Waals surface area contributed by atoms with Gasteiger partial charge < -0.3 is 14.5 Å². The fraction of sp³-hybridized carbons (Fsp3) is 0.353. The molecule has 0 spiro atoms. The lowest BCUT2D eigenvalue weighted by atomic mass is 10.0. The summed E-state index contributed by atoms with van der Waals surface area (Å²) >= 11 is 0. The first-order valence-electron chi connectivity index (χ1n) is 7.37. The Kier molecular flexibility index (Phi) is 5.16. The third-order valence-corrected chi connectivity index (χ3v) is 3.63. The number of aromatic nitrogens is 1. The molecule has 0 unspecified atom stereocenters. The molecule has 23 heavy (non-hydrogen) atoms. The van der Waals surface area contributed by atoms with Gasteiger partial charge in [-0.25, -0.2) is 4.79 Å². The average molecular weight is 317 g/mol. The number of benzene rings is 1. The van der Waals surface area contributed by atoms with E-state index in [2.05, 4.69) is 9.72 Å². The smallest absolute Gasteiger partial charge is 0.338 e. The quantitative estimate of drug-likeness (QED) is 0.854. The van der Waals surface area contributed by atoms with Crippen LogP contribution in [0.4, 0.5) is 0 Å². The Balaban J connectivity index is 2.47. The lowest BCUT2D eigenvalue weighted by molar-refractivity contribution is -0.140. The van der Waals surface area contributed by atoms with Gasteiger partial charge in [-0.2, -0.15) is 0 Å². The average Bonchev–Trinajstić information content (AvgIpc) is 2.54. The molecule has 0 saturated heterocycles. The van der Waals surface area contributed by atoms with E-state index in [0.717, 1.165) is 0 Å². The molecule has 1 aromatic heterocycles. The van der Waals surface area contributed by atoms with Gasteiger partial charge >= 0.3 is 11.9 Å². The highest BCUT2D eigenvalue weighted by molar-refractivity contribution is 5.94. The van der Waals surface area contributed by atoms with E-state index in [4.69, 9.17) is 4.74 Å². The molecule has 0 fully saturated rings. The van der Waals surface area contributed by atoms with Crippen LogP contribution in [0, 0.1) is 6.92 Å². The van der Waals surface area contributed by atoms with Crippen LogP contribution in [0.25, 0.3) is 10.9 Å². The number of carbonyl (C=O) groups excluding carboxylic acids is 2. The van der Waals surface area contributed by atoms with Gasteiger partial charge in [-0.1, -0.05) is 0 Å². The molecular weight excluding hydrogens is 298 g/mol. The highest BCUT2D eigenvalue weighted by Gasteiger charge is 2.14. The molecule has 6 nitrogen and oxygen atoms in total. The molecule has 6 heteroatoms. The predicted octanol–water partition coefficient (Wildman–Crippen LogP) is 2.12. The van der Waals surface area contributed by atoms with Gasteiger partial charge in [0.2, 0.25) is 0 Å². The fourth-order valence-corrected chi connectivity index (χ4v) is 2.42. The Morgan fingerprint density at radius 1 is 1.26 bits per heavy atom. The summed E-state index contributed by atoms with van der Waals surface area (Å²) < 4.78 is 9.56. The Hall–Kier alpha value is -2.63. The van der Waals surface area contributed by atoms with Gasteiger partial charge in [-0.15, -0.1) is 0 Å². The fourth-order valence-electron chi connectivity index (χ4n) is 2.42. The molecular formula is C17H19NO5. The first-order valence-corrected chi connectivity index (χ1v) is 7.37. The molecule has 2 aromatic rings. The minimum absolute atomic E-state index is 0.128. The first-order chi connectivity index (χ1) is 11.0. The number of aromatic amines is 1. The summed E-state index contributed by atoms with van der Waals surface area (Å²) in [5.41, 5.74) is 2.00. The van der Waals surface area contributed by atoms with Crippen LogP contribution in [0.3, 0.4) is 0 Å². The van der Waals surface area contributed by atoms with Crippen LogP contribution in [-0.2, 0) is 20.7 Å². The van der Waals surface area contributed by atoms with Gasteiger partial charge in [0.25, 0.3) is 0 Å². The number of rotatable bonds is 5. The molecule has 0 aliphatic carbocycles. The molecule has 1 N–H and O–H groups in total. The summed E-state index contributed by atoms with van der Waals surface area (Å²) in [5, 5.41) is 0.404. The number of fused-ring (bicyclic) bond motifs is 1. The van der Waals surface area contributed by atoms with Crippen molar-refractivity contribution < 1.29 is 19.1 Å². The maximum atomic E-state index is 12.7. The number of aryl methyl sites for hydroxylation is 1. The maximum Gasteiger partial charge on any atom is 0.338 e. The van der Waals surface area contributed by atoms with Crippen LogP contribution in [-0.4, -0.2) is 30.6 Å². The zero-order valence-electron chi connectivity index (χ0n) is 13.4.